The number of methoxy groups -OCH3 is 2. The third kappa shape index (κ3) is 3.86. The Labute approximate surface area is 180 Å². The number of carbonyl (C=O) groups excluding carboxylic acids is 3. The number of carbonyl (C=O) groups is 3. The lowest BCUT2D eigenvalue weighted by Crippen LogP contribution is -2.54. The van der Waals surface area contributed by atoms with Gasteiger partial charge >= 0.3 is 6.03 Å². The number of anilines is 1. The number of nitrogens with zero attached hydrogens (tertiary/aromatic N) is 1. The Morgan fingerprint density at radius 3 is 2.52 bits per heavy atom. The van der Waals surface area contributed by atoms with Gasteiger partial charge in [-0.2, -0.15) is 0 Å². The first kappa shape index (κ1) is 20.9. The van der Waals surface area contributed by atoms with Crippen LogP contribution >= 0.6 is 27.5 Å². The number of hydrogen-bond acceptors (Lipinski definition) is 5. The van der Waals surface area contributed by atoms with Gasteiger partial charge < -0.3 is 9.47 Å². The quantitative estimate of drug-likeness (QED) is 0.527. The fraction of sp³-hybridized carbons (Fsp3) is 0.150. The van der Waals surface area contributed by atoms with Crippen LogP contribution in [0.2, 0.25) is 5.02 Å². The van der Waals surface area contributed by atoms with Crippen LogP contribution in [0.15, 0.2) is 40.4 Å². The SMILES string of the molecule is COc1cc(Br)cc(/C=C2\C(=O)NC(=O)N(c3cccc(Cl)c3C)C2=O)c1OC. The van der Waals surface area contributed by atoms with Gasteiger partial charge in [-0.1, -0.05) is 33.6 Å². The largest absolute Gasteiger partial charge is 0.493 e. The first-order chi connectivity index (χ1) is 13.8. The van der Waals surface area contributed by atoms with Crippen LogP contribution in [0, 0.1) is 6.92 Å². The second kappa shape index (κ2) is 8.26. The predicted octanol–water partition coefficient (Wildman–Crippen LogP) is 4.09. The highest BCUT2D eigenvalue weighted by molar-refractivity contribution is 9.10. The van der Waals surface area contributed by atoms with Crippen molar-refractivity contribution in [2.75, 3.05) is 19.1 Å². The lowest BCUT2D eigenvalue weighted by molar-refractivity contribution is -0.122. The molecule has 1 aliphatic rings. The Morgan fingerprint density at radius 2 is 1.86 bits per heavy atom. The molecule has 2 aromatic rings. The number of amides is 4. The summed E-state index contributed by atoms with van der Waals surface area (Å²) in [6, 6.07) is 7.35. The maximum atomic E-state index is 13.1. The average Bonchev–Trinajstić information content (AvgIpc) is 2.67. The molecule has 29 heavy (non-hydrogen) atoms. The molecular weight excluding hydrogens is 464 g/mol. The van der Waals surface area contributed by atoms with E-state index in [2.05, 4.69) is 21.2 Å². The lowest BCUT2D eigenvalue weighted by atomic mass is 10.0. The molecule has 0 radical (unpaired) electrons. The van der Waals surface area contributed by atoms with Crippen molar-refractivity contribution in [3.05, 3.63) is 56.5 Å². The van der Waals surface area contributed by atoms with E-state index in [9.17, 15) is 14.4 Å². The van der Waals surface area contributed by atoms with E-state index in [1.54, 1.807) is 37.3 Å². The molecule has 1 saturated heterocycles. The van der Waals surface area contributed by atoms with E-state index < -0.39 is 17.8 Å². The van der Waals surface area contributed by atoms with Gasteiger partial charge in [-0.15, -0.1) is 0 Å². The molecule has 0 bridgehead atoms. The lowest BCUT2D eigenvalue weighted by Gasteiger charge is -2.28. The van der Waals surface area contributed by atoms with Gasteiger partial charge in [0.15, 0.2) is 11.5 Å². The third-order valence-corrected chi connectivity index (χ3v) is 5.22. The summed E-state index contributed by atoms with van der Waals surface area (Å²) in [4.78, 5) is 38.8. The predicted molar refractivity (Wildman–Crippen MR) is 112 cm³/mol. The Balaban J connectivity index is 2.14. The number of hydrogen-bond donors (Lipinski definition) is 1. The van der Waals surface area contributed by atoms with Crippen LogP contribution in [0.5, 0.6) is 11.5 Å². The number of barbiturate groups is 1. The molecule has 0 aromatic heterocycles. The molecule has 0 atom stereocenters. The Morgan fingerprint density at radius 1 is 1.14 bits per heavy atom. The number of nitrogens with one attached hydrogen (secondary N) is 1. The zero-order chi connectivity index (χ0) is 21.3. The van der Waals surface area contributed by atoms with E-state index >= 15 is 0 Å². The summed E-state index contributed by atoms with van der Waals surface area (Å²) in [5.74, 6) is -0.829. The number of imide groups is 2. The minimum Gasteiger partial charge on any atom is -0.493 e. The molecule has 0 aliphatic carbocycles. The number of benzene rings is 2. The van der Waals surface area contributed by atoms with Gasteiger partial charge in [0.25, 0.3) is 11.8 Å². The van der Waals surface area contributed by atoms with Gasteiger partial charge in [0.2, 0.25) is 0 Å². The van der Waals surface area contributed by atoms with Crippen molar-refractivity contribution < 1.29 is 23.9 Å². The van der Waals surface area contributed by atoms with Crippen molar-refractivity contribution >= 4 is 57.1 Å². The topological polar surface area (TPSA) is 84.9 Å². The van der Waals surface area contributed by atoms with Crippen molar-refractivity contribution in [1.82, 2.24) is 5.32 Å². The first-order valence-corrected chi connectivity index (χ1v) is 9.53. The van der Waals surface area contributed by atoms with Crippen molar-refractivity contribution in [1.29, 1.82) is 0 Å². The summed E-state index contributed by atoms with van der Waals surface area (Å²) >= 11 is 9.49. The minimum absolute atomic E-state index is 0.234. The minimum atomic E-state index is -0.846. The maximum Gasteiger partial charge on any atom is 0.335 e. The summed E-state index contributed by atoms with van der Waals surface area (Å²) in [5.41, 5.74) is 1.02. The summed E-state index contributed by atoms with van der Waals surface area (Å²) < 4.78 is 11.3. The van der Waals surface area contributed by atoms with Crippen LogP contribution in [0.1, 0.15) is 11.1 Å². The van der Waals surface area contributed by atoms with Crippen LogP contribution in [0.4, 0.5) is 10.5 Å². The fourth-order valence-corrected chi connectivity index (χ4v) is 3.56. The van der Waals surface area contributed by atoms with Crippen LogP contribution < -0.4 is 19.7 Å². The Hall–Kier alpha value is -2.84. The monoisotopic (exact) mass is 478 g/mol. The first-order valence-electron chi connectivity index (χ1n) is 8.36. The molecule has 3 rings (SSSR count). The molecule has 0 saturated carbocycles. The van der Waals surface area contributed by atoms with E-state index in [1.807, 2.05) is 0 Å². The molecule has 2 aromatic carbocycles. The molecule has 1 fully saturated rings. The number of rotatable bonds is 4. The summed E-state index contributed by atoms with van der Waals surface area (Å²) in [7, 11) is 2.92. The molecule has 7 nitrogen and oxygen atoms in total. The third-order valence-electron chi connectivity index (χ3n) is 4.35. The van der Waals surface area contributed by atoms with E-state index in [-0.39, 0.29) is 11.3 Å². The van der Waals surface area contributed by atoms with Crippen molar-refractivity contribution in [3.8, 4) is 11.5 Å². The molecule has 9 heteroatoms. The van der Waals surface area contributed by atoms with Crippen LogP contribution in [0.3, 0.4) is 0 Å². The smallest absolute Gasteiger partial charge is 0.335 e. The van der Waals surface area contributed by atoms with Gasteiger partial charge in [0.05, 0.1) is 19.9 Å². The summed E-state index contributed by atoms with van der Waals surface area (Å²) in [6.07, 6.45) is 1.35. The van der Waals surface area contributed by atoms with E-state index in [0.29, 0.717) is 32.1 Å². The molecule has 1 aliphatic heterocycles. The zero-order valence-corrected chi connectivity index (χ0v) is 18.1. The standard InChI is InChI=1S/C20H16BrClN2O5/c1-10-14(22)5-4-6-15(10)24-19(26)13(18(25)23-20(24)27)8-11-7-12(21)9-16(28-2)17(11)29-3/h4-9H,1-3H3,(H,23,25,27)/b13-8+. The van der Waals surface area contributed by atoms with E-state index in [4.69, 9.17) is 21.1 Å². The summed E-state index contributed by atoms with van der Waals surface area (Å²) in [5, 5.41) is 2.58. The van der Waals surface area contributed by atoms with Gasteiger partial charge in [0, 0.05) is 15.1 Å². The molecule has 150 valence electrons. The zero-order valence-electron chi connectivity index (χ0n) is 15.7. The second-order valence-electron chi connectivity index (χ2n) is 6.07. The van der Waals surface area contributed by atoms with Crippen LogP contribution in [-0.4, -0.2) is 32.1 Å². The Kier molecular flexibility index (Phi) is 5.95. The van der Waals surface area contributed by atoms with Gasteiger partial charge in [0.1, 0.15) is 5.57 Å². The molecule has 4 amide bonds. The highest BCUT2D eigenvalue weighted by atomic mass is 79.9. The normalized spacial score (nSPS) is 15.6. The highest BCUT2D eigenvalue weighted by Crippen LogP contribution is 2.37. The van der Waals surface area contributed by atoms with Crippen LogP contribution in [0.25, 0.3) is 6.08 Å². The van der Waals surface area contributed by atoms with E-state index in [1.165, 1.54) is 20.3 Å². The maximum absolute atomic E-state index is 13.1. The molecule has 1 heterocycles. The van der Waals surface area contributed by atoms with Crippen LogP contribution in [-0.2, 0) is 9.59 Å². The summed E-state index contributed by atoms with van der Waals surface area (Å²) in [6.45, 7) is 1.68. The molecular formula is C20H16BrClN2O5. The molecule has 1 N–H and O–H groups in total. The van der Waals surface area contributed by atoms with Gasteiger partial charge in [-0.25, -0.2) is 9.69 Å². The average molecular weight is 480 g/mol. The highest BCUT2D eigenvalue weighted by Gasteiger charge is 2.38. The van der Waals surface area contributed by atoms with Crippen molar-refractivity contribution in [2.45, 2.75) is 6.92 Å². The number of halogens is 2. The van der Waals surface area contributed by atoms with Crippen molar-refractivity contribution in [3.63, 3.8) is 0 Å². The number of ether oxygens (including phenoxy) is 2. The second-order valence-corrected chi connectivity index (χ2v) is 7.40. The number of urea groups is 1. The van der Waals surface area contributed by atoms with Gasteiger partial charge in [-0.05, 0) is 42.8 Å². The van der Waals surface area contributed by atoms with E-state index in [0.717, 1.165) is 4.90 Å². The molecule has 0 spiro atoms. The Bertz CT molecular complexity index is 1070. The molecule has 0 unspecified atom stereocenters. The van der Waals surface area contributed by atoms with Crippen molar-refractivity contribution in [2.24, 2.45) is 0 Å². The van der Waals surface area contributed by atoms with Gasteiger partial charge in [-0.3, -0.25) is 14.9 Å². The fourth-order valence-electron chi connectivity index (χ4n) is 2.94.